The lowest BCUT2D eigenvalue weighted by Gasteiger charge is -2.31. The second-order valence-electron chi connectivity index (χ2n) is 7.44. The summed E-state index contributed by atoms with van der Waals surface area (Å²) in [6.07, 6.45) is 5.79. The predicted octanol–water partition coefficient (Wildman–Crippen LogP) is 2.32. The molecular formula is C20H27N7. The molecule has 7 heteroatoms. The number of hydrogen-bond donors (Lipinski definition) is 1. The maximum absolute atomic E-state index is 5.94. The highest BCUT2D eigenvalue weighted by molar-refractivity contribution is 5.33. The van der Waals surface area contributed by atoms with Crippen LogP contribution in [0.3, 0.4) is 0 Å². The molecule has 7 nitrogen and oxygen atoms in total. The van der Waals surface area contributed by atoms with Gasteiger partial charge in [-0.3, -0.25) is 4.90 Å². The van der Waals surface area contributed by atoms with E-state index in [1.165, 1.54) is 5.56 Å². The molecule has 1 aliphatic carbocycles. The number of rotatable bonds is 7. The molecule has 27 heavy (non-hydrogen) atoms. The third-order valence-electron chi connectivity index (χ3n) is 5.28. The van der Waals surface area contributed by atoms with Crippen LogP contribution in [0.4, 0.5) is 0 Å². The van der Waals surface area contributed by atoms with Crippen LogP contribution in [0.1, 0.15) is 42.9 Å². The first kappa shape index (κ1) is 17.9. The van der Waals surface area contributed by atoms with E-state index in [9.17, 15) is 0 Å². The number of aromatic nitrogens is 5. The van der Waals surface area contributed by atoms with E-state index in [1.54, 1.807) is 6.20 Å². The van der Waals surface area contributed by atoms with Crippen LogP contribution in [0.15, 0.2) is 42.7 Å². The van der Waals surface area contributed by atoms with Crippen LogP contribution in [-0.2, 0) is 19.6 Å². The molecule has 1 saturated carbocycles. The number of nitrogens with zero attached hydrogens (tertiary/aromatic N) is 6. The molecule has 1 aliphatic rings. The van der Waals surface area contributed by atoms with Gasteiger partial charge in [0.15, 0.2) is 0 Å². The van der Waals surface area contributed by atoms with Crippen LogP contribution in [0.2, 0.25) is 0 Å². The summed E-state index contributed by atoms with van der Waals surface area (Å²) in [7, 11) is 2.12. The molecule has 0 unspecified atom stereocenters. The topological polar surface area (TPSA) is 77.8 Å². The Bertz CT molecular complexity index is 860. The molecule has 0 saturated heterocycles. The normalized spacial score (nSPS) is 19.4. The summed E-state index contributed by atoms with van der Waals surface area (Å²) in [5, 5.41) is 13.2. The SMILES string of the molecule is CCn1c(CN(C)Cc2ccc(-n3cccn3)cc2)nnc1C1CC(N)C1. The van der Waals surface area contributed by atoms with Gasteiger partial charge in [0.05, 0.1) is 12.2 Å². The molecule has 2 heterocycles. The summed E-state index contributed by atoms with van der Waals surface area (Å²) >= 11 is 0. The van der Waals surface area contributed by atoms with Crippen molar-refractivity contribution in [1.82, 2.24) is 29.4 Å². The number of nitrogens with two attached hydrogens (primary N) is 1. The van der Waals surface area contributed by atoms with Crippen molar-refractivity contribution in [3.8, 4) is 5.69 Å². The Morgan fingerprint density at radius 3 is 2.56 bits per heavy atom. The monoisotopic (exact) mass is 365 g/mol. The average Bonchev–Trinajstić information content (AvgIpc) is 3.29. The molecule has 0 amide bonds. The highest BCUT2D eigenvalue weighted by Gasteiger charge is 2.32. The maximum Gasteiger partial charge on any atom is 0.147 e. The van der Waals surface area contributed by atoms with Gasteiger partial charge in [-0.2, -0.15) is 5.10 Å². The summed E-state index contributed by atoms with van der Waals surface area (Å²) in [4.78, 5) is 2.27. The summed E-state index contributed by atoms with van der Waals surface area (Å²) < 4.78 is 4.12. The molecule has 142 valence electrons. The first-order valence-corrected chi connectivity index (χ1v) is 9.59. The lowest BCUT2D eigenvalue weighted by molar-refractivity contribution is 0.299. The summed E-state index contributed by atoms with van der Waals surface area (Å²) in [6, 6.07) is 10.8. The van der Waals surface area contributed by atoms with Gasteiger partial charge >= 0.3 is 0 Å². The predicted molar refractivity (Wildman–Crippen MR) is 104 cm³/mol. The standard InChI is InChI=1S/C20H27N7/c1-3-26-19(23-24-20(26)16-11-17(21)12-16)14-25(2)13-15-5-7-18(8-6-15)27-10-4-9-22-27/h4-10,16-17H,3,11-14,21H2,1-2H3. The van der Waals surface area contributed by atoms with Crippen molar-refractivity contribution in [3.63, 3.8) is 0 Å². The van der Waals surface area contributed by atoms with Crippen molar-refractivity contribution in [3.05, 3.63) is 59.9 Å². The fourth-order valence-corrected chi connectivity index (χ4v) is 3.77. The van der Waals surface area contributed by atoms with Gasteiger partial charge in [0.2, 0.25) is 0 Å². The van der Waals surface area contributed by atoms with Crippen LogP contribution >= 0.6 is 0 Å². The van der Waals surface area contributed by atoms with Crippen molar-refractivity contribution in [2.45, 2.75) is 51.4 Å². The summed E-state index contributed by atoms with van der Waals surface area (Å²) in [5.74, 6) is 2.61. The van der Waals surface area contributed by atoms with Gasteiger partial charge in [-0.15, -0.1) is 10.2 Å². The molecule has 0 bridgehead atoms. The fraction of sp³-hybridized carbons (Fsp3) is 0.450. The highest BCUT2D eigenvalue weighted by Crippen LogP contribution is 2.34. The van der Waals surface area contributed by atoms with E-state index in [2.05, 4.69) is 63.0 Å². The van der Waals surface area contributed by atoms with Crippen molar-refractivity contribution >= 4 is 0 Å². The van der Waals surface area contributed by atoms with Crippen LogP contribution < -0.4 is 5.73 Å². The Morgan fingerprint density at radius 2 is 1.93 bits per heavy atom. The van der Waals surface area contributed by atoms with Crippen LogP contribution in [0, 0.1) is 0 Å². The van der Waals surface area contributed by atoms with E-state index in [-0.39, 0.29) is 0 Å². The van der Waals surface area contributed by atoms with Crippen molar-refractivity contribution < 1.29 is 0 Å². The zero-order valence-corrected chi connectivity index (χ0v) is 16.0. The smallest absolute Gasteiger partial charge is 0.147 e. The number of benzene rings is 1. The minimum atomic E-state index is 0.327. The quantitative estimate of drug-likeness (QED) is 0.695. The molecule has 1 fully saturated rings. The molecule has 0 atom stereocenters. The third-order valence-corrected chi connectivity index (χ3v) is 5.28. The second kappa shape index (κ2) is 7.62. The Morgan fingerprint density at radius 1 is 1.15 bits per heavy atom. The molecule has 1 aromatic carbocycles. The molecule has 3 aromatic rings. The van der Waals surface area contributed by atoms with E-state index >= 15 is 0 Å². The first-order valence-electron chi connectivity index (χ1n) is 9.59. The Labute approximate surface area is 159 Å². The molecule has 0 aliphatic heterocycles. The molecule has 2 aromatic heterocycles. The second-order valence-corrected chi connectivity index (χ2v) is 7.44. The van der Waals surface area contributed by atoms with Crippen molar-refractivity contribution in [2.75, 3.05) is 7.05 Å². The minimum absolute atomic E-state index is 0.327. The fourth-order valence-electron chi connectivity index (χ4n) is 3.77. The van der Waals surface area contributed by atoms with Gasteiger partial charge in [-0.1, -0.05) is 12.1 Å². The molecular weight excluding hydrogens is 338 g/mol. The van der Waals surface area contributed by atoms with Gasteiger partial charge < -0.3 is 10.3 Å². The van der Waals surface area contributed by atoms with Gasteiger partial charge in [0.1, 0.15) is 11.6 Å². The summed E-state index contributed by atoms with van der Waals surface area (Å²) in [6.45, 7) is 4.69. The van der Waals surface area contributed by atoms with Crippen LogP contribution in [0.5, 0.6) is 0 Å². The van der Waals surface area contributed by atoms with E-state index < -0.39 is 0 Å². The lowest BCUT2D eigenvalue weighted by atomic mass is 9.80. The third kappa shape index (κ3) is 3.79. The average molecular weight is 365 g/mol. The molecule has 0 spiro atoms. The largest absolute Gasteiger partial charge is 0.328 e. The minimum Gasteiger partial charge on any atom is -0.328 e. The number of hydrogen-bond acceptors (Lipinski definition) is 5. The van der Waals surface area contributed by atoms with Crippen molar-refractivity contribution in [1.29, 1.82) is 0 Å². The molecule has 4 rings (SSSR count). The molecule has 2 N–H and O–H groups in total. The van der Waals surface area contributed by atoms with Gasteiger partial charge in [0.25, 0.3) is 0 Å². The zero-order valence-electron chi connectivity index (χ0n) is 16.0. The van der Waals surface area contributed by atoms with Gasteiger partial charge in [0, 0.05) is 37.4 Å². The van der Waals surface area contributed by atoms with E-state index in [0.29, 0.717) is 12.0 Å². The highest BCUT2D eigenvalue weighted by atomic mass is 15.3. The Kier molecular flexibility index (Phi) is 5.05. The Balaban J connectivity index is 1.40. The van der Waals surface area contributed by atoms with Gasteiger partial charge in [-0.25, -0.2) is 4.68 Å². The zero-order chi connectivity index (χ0) is 18.8. The van der Waals surface area contributed by atoms with Crippen molar-refractivity contribution in [2.24, 2.45) is 5.73 Å². The van der Waals surface area contributed by atoms with Crippen LogP contribution in [-0.4, -0.2) is 42.5 Å². The molecule has 0 radical (unpaired) electrons. The lowest BCUT2D eigenvalue weighted by Crippen LogP contribution is -2.36. The maximum atomic E-state index is 5.94. The summed E-state index contributed by atoms with van der Waals surface area (Å²) in [5.41, 5.74) is 8.28. The van der Waals surface area contributed by atoms with Gasteiger partial charge in [-0.05, 0) is 50.6 Å². The van der Waals surface area contributed by atoms with E-state index in [1.807, 2.05) is 16.9 Å². The van der Waals surface area contributed by atoms with E-state index in [4.69, 9.17) is 5.73 Å². The first-order chi connectivity index (χ1) is 13.1. The Hall–Kier alpha value is -2.51. The van der Waals surface area contributed by atoms with E-state index in [0.717, 1.165) is 49.8 Å². The van der Waals surface area contributed by atoms with Crippen LogP contribution in [0.25, 0.3) is 5.69 Å².